The lowest BCUT2D eigenvalue weighted by Crippen LogP contribution is -2.43. The van der Waals surface area contributed by atoms with E-state index in [1.807, 2.05) is 23.9 Å². The number of halogens is 2. The Morgan fingerprint density at radius 1 is 1.50 bits per heavy atom. The molecule has 0 amide bonds. The Kier molecular flexibility index (Phi) is 4.24. The second kappa shape index (κ2) is 5.39. The number of nitrogens with zero attached hydrogens (tertiary/aromatic N) is 1. The van der Waals surface area contributed by atoms with Crippen LogP contribution in [0.2, 0.25) is 0 Å². The van der Waals surface area contributed by atoms with Crippen LogP contribution in [0.25, 0.3) is 0 Å². The monoisotopic (exact) mass is 332 g/mol. The largest absolute Gasteiger partial charge is 0.367 e. The summed E-state index contributed by atoms with van der Waals surface area (Å²) in [6.07, 6.45) is 0. The number of thioether (sulfide) groups is 1. The highest BCUT2D eigenvalue weighted by Gasteiger charge is 2.29. The second-order valence-corrected chi connectivity index (χ2v) is 7.70. The highest BCUT2D eigenvalue weighted by Crippen LogP contribution is 2.35. The molecule has 1 fully saturated rings. The van der Waals surface area contributed by atoms with Gasteiger partial charge in [0.25, 0.3) is 0 Å². The zero-order valence-electron chi connectivity index (χ0n) is 10.7. The minimum absolute atomic E-state index is 0.170. The summed E-state index contributed by atoms with van der Waals surface area (Å²) in [4.78, 5) is 2.12. The van der Waals surface area contributed by atoms with Gasteiger partial charge in [-0.3, -0.25) is 0 Å². The minimum Gasteiger partial charge on any atom is -0.367 e. The first kappa shape index (κ1) is 14.2. The molecule has 0 radical (unpaired) electrons. The first-order valence-electron chi connectivity index (χ1n) is 6.00. The Labute approximate surface area is 120 Å². The maximum Gasteiger partial charge on any atom is 0.160 e. The van der Waals surface area contributed by atoms with Crippen LogP contribution in [-0.4, -0.2) is 23.6 Å². The van der Waals surface area contributed by atoms with Crippen molar-refractivity contribution in [2.45, 2.75) is 25.1 Å². The first-order chi connectivity index (χ1) is 8.44. The molecule has 0 unspecified atom stereocenters. The van der Waals surface area contributed by atoms with Crippen molar-refractivity contribution in [3.8, 4) is 0 Å². The maximum absolute atomic E-state index is 14.3. The van der Waals surface area contributed by atoms with Crippen LogP contribution in [0, 0.1) is 5.82 Å². The summed E-state index contributed by atoms with van der Waals surface area (Å²) in [7, 11) is 0. The molecule has 1 heterocycles. The Morgan fingerprint density at radius 3 is 2.83 bits per heavy atom. The van der Waals surface area contributed by atoms with Crippen LogP contribution in [0.3, 0.4) is 0 Å². The van der Waals surface area contributed by atoms with Crippen molar-refractivity contribution < 1.29 is 4.39 Å². The van der Waals surface area contributed by atoms with Gasteiger partial charge in [0.15, 0.2) is 5.82 Å². The van der Waals surface area contributed by atoms with Gasteiger partial charge in [0, 0.05) is 30.1 Å². The van der Waals surface area contributed by atoms with Gasteiger partial charge in [-0.25, -0.2) is 4.39 Å². The predicted octanol–water partition coefficient (Wildman–Crippen LogP) is 3.38. The van der Waals surface area contributed by atoms with Gasteiger partial charge in [-0.05, 0) is 41.4 Å². The topological polar surface area (TPSA) is 29.3 Å². The average Bonchev–Trinajstić information content (AvgIpc) is 2.31. The van der Waals surface area contributed by atoms with Crippen molar-refractivity contribution in [1.29, 1.82) is 0 Å². The molecule has 1 aromatic carbocycles. The summed E-state index contributed by atoms with van der Waals surface area (Å²) in [5, 5.41) is 0. The Morgan fingerprint density at radius 2 is 2.22 bits per heavy atom. The van der Waals surface area contributed by atoms with E-state index in [2.05, 4.69) is 34.7 Å². The van der Waals surface area contributed by atoms with Crippen molar-refractivity contribution in [2.24, 2.45) is 5.73 Å². The average molecular weight is 333 g/mol. The van der Waals surface area contributed by atoms with E-state index in [1.165, 1.54) is 0 Å². The molecule has 0 spiro atoms. The number of hydrogen-bond acceptors (Lipinski definition) is 3. The Bertz CT molecular complexity index is 451. The van der Waals surface area contributed by atoms with Gasteiger partial charge in [-0.1, -0.05) is 6.07 Å². The first-order valence-corrected chi connectivity index (χ1v) is 7.78. The molecule has 0 aromatic heterocycles. The normalized spacial score (nSPS) is 19.1. The molecule has 1 aliphatic heterocycles. The fourth-order valence-corrected chi connectivity index (χ4v) is 3.81. The summed E-state index contributed by atoms with van der Waals surface area (Å²) in [5.74, 6) is 0.837. The molecule has 0 bridgehead atoms. The summed E-state index contributed by atoms with van der Waals surface area (Å²) < 4.78 is 15.0. The quantitative estimate of drug-likeness (QED) is 0.900. The molecule has 2 rings (SSSR count). The van der Waals surface area contributed by atoms with Crippen LogP contribution in [0.4, 0.5) is 10.1 Å². The number of nitrogens with two attached hydrogens (primary N) is 1. The molecule has 0 aliphatic carbocycles. The third-order valence-corrected chi connectivity index (χ3v) is 5.28. The summed E-state index contributed by atoms with van der Waals surface area (Å²) in [5.41, 5.74) is 7.06. The number of hydrogen-bond donors (Lipinski definition) is 1. The fraction of sp³-hybridized carbons (Fsp3) is 0.538. The molecular formula is C13H18BrFN2S. The van der Waals surface area contributed by atoms with Crippen LogP contribution in [0.15, 0.2) is 16.6 Å². The van der Waals surface area contributed by atoms with Crippen LogP contribution in [0.5, 0.6) is 0 Å². The van der Waals surface area contributed by atoms with Crippen LogP contribution in [-0.2, 0) is 6.54 Å². The Hall–Kier alpha value is -0.260. The number of anilines is 1. The van der Waals surface area contributed by atoms with E-state index in [-0.39, 0.29) is 10.6 Å². The van der Waals surface area contributed by atoms with E-state index in [4.69, 9.17) is 5.73 Å². The SMILES string of the molecule is CC1(C)CN(c2ccc(CN)c(Br)c2F)CCS1. The van der Waals surface area contributed by atoms with E-state index in [1.54, 1.807) is 0 Å². The number of benzene rings is 1. The molecule has 0 atom stereocenters. The van der Waals surface area contributed by atoms with Gasteiger partial charge in [-0.2, -0.15) is 11.8 Å². The maximum atomic E-state index is 14.3. The molecular weight excluding hydrogens is 315 g/mol. The zero-order valence-corrected chi connectivity index (χ0v) is 13.1. The molecule has 100 valence electrons. The van der Waals surface area contributed by atoms with Crippen molar-refractivity contribution in [3.05, 3.63) is 28.0 Å². The lowest BCUT2D eigenvalue weighted by molar-refractivity contribution is 0.591. The van der Waals surface area contributed by atoms with Gasteiger partial charge < -0.3 is 10.6 Å². The van der Waals surface area contributed by atoms with Crippen LogP contribution >= 0.6 is 27.7 Å². The van der Waals surface area contributed by atoms with Crippen LogP contribution in [0.1, 0.15) is 19.4 Å². The summed E-state index contributed by atoms with van der Waals surface area (Å²) >= 11 is 5.24. The highest BCUT2D eigenvalue weighted by atomic mass is 79.9. The molecule has 1 saturated heterocycles. The van der Waals surface area contributed by atoms with Gasteiger partial charge in [0.2, 0.25) is 0 Å². The smallest absolute Gasteiger partial charge is 0.160 e. The van der Waals surface area contributed by atoms with Gasteiger partial charge in [0.05, 0.1) is 10.2 Å². The molecule has 2 N–H and O–H groups in total. The summed E-state index contributed by atoms with van der Waals surface area (Å²) in [6, 6.07) is 3.74. The van der Waals surface area contributed by atoms with E-state index in [0.717, 1.165) is 24.4 Å². The third-order valence-electron chi connectivity index (χ3n) is 3.13. The second-order valence-electron chi connectivity index (χ2n) is 5.11. The minimum atomic E-state index is -0.194. The molecule has 0 saturated carbocycles. The zero-order chi connectivity index (χ0) is 13.3. The third kappa shape index (κ3) is 2.83. The predicted molar refractivity (Wildman–Crippen MR) is 80.7 cm³/mol. The van der Waals surface area contributed by atoms with Crippen molar-refractivity contribution in [2.75, 3.05) is 23.7 Å². The highest BCUT2D eigenvalue weighted by molar-refractivity contribution is 9.10. The van der Waals surface area contributed by atoms with E-state index < -0.39 is 0 Å². The van der Waals surface area contributed by atoms with Gasteiger partial charge in [0.1, 0.15) is 0 Å². The fourth-order valence-electron chi connectivity index (χ4n) is 2.20. The van der Waals surface area contributed by atoms with Crippen molar-refractivity contribution >= 4 is 33.4 Å². The Balaban J connectivity index is 2.31. The van der Waals surface area contributed by atoms with E-state index in [9.17, 15) is 4.39 Å². The van der Waals surface area contributed by atoms with E-state index >= 15 is 0 Å². The van der Waals surface area contributed by atoms with Crippen molar-refractivity contribution in [1.82, 2.24) is 0 Å². The van der Waals surface area contributed by atoms with Gasteiger partial charge >= 0.3 is 0 Å². The van der Waals surface area contributed by atoms with Crippen molar-refractivity contribution in [3.63, 3.8) is 0 Å². The lowest BCUT2D eigenvalue weighted by atomic mass is 10.1. The van der Waals surface area contributed by atoms with Gasteiger partial charge in [-0.15, -0.1) is 0 Å². The lowest BCUT2D eigenvalue weighted by Gasteiger charge is -2.39. The number of rotatable bonds is 2. The molecule has 1 aromatic rings. The molecule has 1 aliphatic rings. The summed E-state index contributed by atoms with van der Waals surface area (Å²) in [6.45, 7) is 6.50. The van der Waals surface area contributed by atoms with Crippen LogP contribution < -0.4 is 10.6 Å². The standard InChI is InChI=1S/C13H18BrFN2S/c1-13(2)8-17(5-6-18-13)10-4-3-9(7-16)11(14)12(10)15/h3-4H,5-8,16H2,1-2H3. The van der Waals surface area contributed by atoms with E-state index in [0.29, 0.717) is 16.7 Å². The molecule has 18 heavy (non-hydrogen) atoms. The molecule has 2 nitrogen and oxygen atoms in total. The molecule has 5 heteroatoms.